The van der Waals surface area contributed by atoms with Crippen LogP contribution < -0.4 is 10.2 Å². The summed E-state index contributed by atoms with van der Waals surface area (Å²) in [6, 6.07) is 0.413. The third-order valence-electron chi connectivity index (χ3n) is 7.02. The molecule has 1 aromatic heterocycles. The van der Waals surface area contributed by atoms with E-state index in [1.807, 2.05) is 0 Å². The van der Waals surface area contributed by atoms with E-state index in [1.54, 1.807) is 11.1 Å². The number of hydrogen-bond donors (Lipinski definition) is 4. The Kier molecular flexibility index (Phi) is 5.15. The molecule has 0 spiro atoms. The first-order chi connectivity index (χ1) is 14.2. The predicted octanol–water partition coefficient (Wildman–Crippen LogP) is 0.819. The molecule has 158 valence electrons. The zero-order valence-corrected chi connectivity index (χ0v) is 16.4. The van der Waals surface area contributed by atoms with Gasteiger partial charge in [0, 0.05) is 12.3 Å². The molecule has 4 aliphatic rings. The highest BCUT2D eigenvalue weighted by Gasteiger charge is 2.46. The average Bonchev–Trinajstić information content (AvgIpc) is 2.93. The van der Waals surface area contributed by atoms with Crippen LogP contribution in [0.3, 0.4) is 0 Å². The molecule has 9 heteroatoms. The number of ether oxygens (including phenoxy) is 1. The molecule has 0 amide bonds. The van der Waals surface area contributed by atoms with Crippen LogP contribution in [0, 0.1) is 11.8 Å². The lowest BCUT2D eigenvalue weighted by atomic mass is 9.68. The van der Waals surface area contributed by atoms with Crippen molar-refractivity contribution in [1.82, 2.24) is 9.97 Å². The van der Waals surface area contributed by atoms with Gasteiger partial charge in [-0.1, -0.05) is 12.8 Å². The number of aliphatic hydroxyl groups excluding tert-OH is 3. The van der Waals surface area contributed by atoms with Crippen molar-refractivity contribution in [3.8, 4) is 0 Å². The first kappa shape index (κ1) is 19.2. The molecule has 4 atom stereocenters. The summed E-state index contributed by atoms with van der Waals surface area (Å²) in [6.07, 6.45) is 7.00. The summed E-state index contributed by atoms with van der Waals surface area (Å²) < 4.78 is 5.72. The van der Waals surface area contributed by atoms with Crippen molar-refractivity contribution in [3.63, 3.8) is 0 Å². The highest BCUT2D eigenvalue weighted by atomic mass is 16.6. The van der Waals surface area contributed by atoms with Gasteiger partial charge >= 0.3 is 0 Å². The summed E-state index contributed by atoms with van der Waals surface area (Å²) >= 11 is 0. The van der Waals surface area contributed by atoms with Crippen molar-refractivity contribution in [2.75, 3.05) is 23.4 Å². The maximum Gasteiger partial charge on any atom is 0.162 e. The molecule has 2 aliphatic carbocycles. The van der Waals surface area contributed by atoms with Crippen LogP contribution in [0.25, 0.3) is 0 Å². The largest absolute Gasteiger partial charge is 0.394 e. The van der Waals surface area contributed by atoms with Crippen molar-refractivity contribution in [2.24, 2.45) is 16.8 Å². The smallest absolute Gasteiger partial charge is 0.162 e. The maximum atomic E-state index is 10.4. The molecule has 1 aromatic rings. The maximum absolute atomic E-state index is 10.4. The standard InChI is InChI=1S/C20H29N5O4/c26-9-13-16(27)17(28)20(29-13)25-8-7-21-15-18(22-10-23-19(15)25)24-14(11-3-1-4-11)12-5-2-6-12/h7,10-14,16-17,20,26-28H,1-6,8-9H2,(H,22,23,24)/t13?,16-,17-,20?/m1/s1. The molecule has 2 saturated carbocycles. The number of fused-ring (bicyclic) bond motifs is 1. The molecule has 0 bridgehead atoms. The number of aromatic nitrogens is 2. The van der Waals surface area contributed by atoms with Crippen LogP contribution in [-0.2, 0) is 4.74 Å². The lowest BCUT2D eigenvalue weighted by molar-refractivity contribution is -0.0219. The Labute approximate surface area is 169 Å². The number of anilines is 2. The van der Waals surface area contributed by atoms with Gasteiger partial charge in [0.2, 0.25) is 0 Å². The van der Waals surface area contributed by atoms with Crippen molar-refractivity contribution < 1.29 is 20.1 Å². The van der Waals surface area contributed by atoms with Crippen LogP contribution in [-0.4, -0.2) is 75.2 Å². The Morgan fingerprint density at radius 3 is 2.41 bits per heavy atom. The minimum atomic E-state index is -1.15. The zero-order valence-electron chi connectivity index (χ0n) is 16.4. The zero-order chi connectivity index (χ0) is 20.0. The summed E-state index contributed by atoms with van der Waals surface area (Å²) in [5.41, 5.74) is 0.639. The summed E-state index contributed by atoms with van der Waals surface area (Å²) in [5, 5.41) is 33.6. The molecule has 2 aliphatic heterocycles. The molecule has 2 unspecified atom stereocenters. The topological polar surface area (TPSA) is 123 Å². The normalized spacial score (nSPS) is 32.2. The Balaban J connectivity index is 1.41. The van der Waals surface area contributed by atoms with Gasteiger partial charge in [0.25, 0.3) is 0 Å². The number of rotatable bonds is 6. The van der Waals surface area contributed by atoms with Gasteiger partial charge in [0.15, 0.2) is 17.9 Å². The van der Waals surface area contributed by atoms with E-state index >= 15 is 0 Å². The van der Waals surface area contributed by atoms with Gasteiger partial charge in [-0.05, 0) is 37.5 Å². The molecule has 4 N–H and O–H groups in total. The Bertz CT molecular complexity index is 755. The van der Waals surface area contributed by atoms with E-state index in [0.717, 1.165) is 0 Å². The fourth-order valence-electron chi connectivity index (χ4n) is 4.85. The molecule has 1 saturated heterocycles. The lowest BCUT2D eigenvalue weighted by Gasteiger charge is -2.43. The average molecular weight is 403 g/mol. The molecule has 3 fully saturated rings. The minimum Gasteiger partial charge on any atom is -0.394 e. The number of nitrogens with zero attached hydrogens (tertiary/aromatic N) is 4. The summed E-state index contributed by atoms with van der Waals surface area (Å²) in [6.45, 7) is 0.0370. The Morgan fingerprint density at radius 2 is 1.83 bits per heavy atom. The second-order valence-electron chi connectivity index (χ2n) is 8.64. The van der Waals surface area contributed by atoms with Gasteiger partial charge in [-0.15, -0.1) is 0 Å². The molecule has 5 rings (SSSR count). The summed E-state index contributed by atoms with van der Waals surface area (Å²) in [7, 11) is 0. The second-order valence-corrected chi connectivity index (χ2v) is 8.64. The van der Waals surface area contributed by atoms with Crippen LogP contribution >= 0.6 is 0 Å². The summed E-state index contributed by atoms with van der Waals surface area (Å²) in [4.78, 5) is 15.2. The number of aliphatic hydroxyl groups is 3. The van der Waals surface area contributed by atoms with E-state index < -0.39 is 24.5 Å². The molecule has 3 heterocycles. The van der Waals surface area contributed by atoms with E-state index in [1.165, 1.54) is 44.9 Å². The van der Waals surface area contributed by atoms with Crippen molar-refractivity contribution in [3.05, 3.63) is 6.33 Å². The van der Waals surface area contributed by atoms with Gasteiger partial charge < -0.3 is 30.3 Å². The first-order valence-corrected chi connectivity index (χ1v) is 10.7. The molecule has 9 nitrogen and oxygen atoms in total. The molecular weight excluding hydrogens is 374 g/mol. The number of nitrogens with one attached hydrogen (secondary N) is 1. The van der Waals surface area contributed by atoms with Gasteiger partial charge in [0.1, 0.15) is 30.3 Å². The van der Waals surface area contributed by atoms with Crippen molar-refractivity contribution in [2.45, 2.75) is 69.1 Å². The monoisotopic (exact) mass is 403 g/mol. The minimum absolute atomic E-state index is 0.357. The van der Waals surface area contributed by atoms with Crippen LogP contribution in [0.5, 0.6) is 0 Å². The quantitative estimate of drug-likeness (QED) is 0.550. The highest BCUT2D eigenvalue weighted by molar-refractivity contribution is 5.85. The van der Waals surface area contributed by atoms with E-state index in [2.05, 4.69) is 20.3 Å². The van der Waals surface area contributed by atoms with Crippen LogP contribution in [0.2, 0.25) is 0 Å². The van der Waals surface area contributed by atoms with Crippen LogP contribution in [0.1, 0.15) is 38.5 Å². The Morgan fingerprint density at radius 1 is 1.10 bits per heavy atom. The van der Waals surface area contributed by atoms with E-state index in [0.29, 0.717) is 41.7 Å². The van der Waals surface area contributed by atoms with E-state index in [-0.39, 0.29) is 6.61 Å². The van der Waals surface area contributed by atoms with Crippen molar-refractivity contribution >= 4 is 23.5 Å². The molecule has 0 aromatic carbocycles. The fourth-order valence-corrected chi connectivity index (χ4v) is 4.85. The Hall–Kier alpha value is -1.81. The molecule has 29 heavy (non-hydrogen) atoms. The third kappa shape index (κ3) is 3.30. The van der Waals surface area contributed by atoms with E-state index in [4.69, 9.17) is 4.74 Å². The number of aliphatic imine (C=N–C) groups is 1. The first-order valence-electron chi connectivity index (χ1n) is 10.7. The van der Waals surface area contributed by atoms with Crippen molar-refractivity contribution in [1.29, 1.82) is 0 Å². The molecule has 0 radical (unpaired) electrons. The van der Waals surface area contributed by atoms with E-state index in [9.17, 15) is 15.3 Å². The van der Waals surface area contributed by atoms with Crippen LogP contribution in [0.4, 0.5) is 17.3 Å². The second kappa shape index (κ2) is 7.79. The predicted molar refractivity (Wildman–Crippen MR) is 107 cm³/mol. The lowest BCUT2D eigenvalue weighted by Crippen LogP contribution is -2.46. The highest BCUT2D eigenvalue weighted by Crippen LogP contribution is 2.44. The number of hydrogen-bond acceptors (Lipinski definition) is 9. The summed E-state index contributed by atoms with van der Waals surface area (Å²) in [5.74, 6) is 2.66. The third-order valence-corrected chi connectivity index (χ3v) is 7.02. The SMILES string of the molecule is OCC1OC(N2CC=Nc3c(NC(C4CCC4)C4CCC4)ncnc32)[C@H](O)[C@@H]1O. The van der Waals surface area contributed by atoms with Gasteiger partial charge in [-0.25, -0.2) is 9.97 Å². The van der Waals surface area contributed by atoms with Gasteiger partial charge in [0.05, 0.1) is 13.2 Å². The fraction of sp³-hybridized carbons (Fsp3) is 0.750. The van der Waals surface area contributed by atoms with Gasteiger partial charge in [-0.3, -0.25) is 4.99 Å². The van der Waals surface area contributed by atoms with Gasteiger partial charge in [-0.2, -0.15) is 0 Å². The van der Waals surface area contributed by atoms with Crippen LogP contribution in [0.15, 0.2) is 11.3 Å². The molecular formula is C20H29N5O4.